The molecule has 1 fully saturated rings. The van der Waals surface area contributed by atoms with Crippen molar-refractivity contribution in [1.29, 1.82) is 0 Å². The molecule has 1 aliphatic rings. The lowest BCUT2D eigenvalue weighted by Gasteiger charge is -2.30. The van der Waals surface area contributed by atoms with Crippen LogP contribution in [0.2, 0.25) is 0 Å². The Hall–Kier alpha value is -1.04. The fourth-order valence-corrected chi connectivity index (χ4v) is 1.82. The first kappa shape index (κ1) is 12.4. The monoisotopic (exact) mass is 242 g/mol. The second kappa shape index (κ2) is 5.53. The van der Waals surface area contributed by atoms with Crippen LogP contribution in [0.4, 0.5) is 8.78 Å². The van der Waals surface area contributed by atoms with Crippen molar-refractivity contribution < 1.29 is 13.5 Å². The summed E-state index contributed by atoms with van der Waals surface area (Å²) in [6, 6.07) is 3.93. The summed E-state index contributed by atoms with van der Waals surface area (Å²) in [5, 5.41) is 2.04. The molecule has 1 aromatic carbocycles. The number of hydrogen-bond acceptors (Lipinski definition) is 3. The van der Waals surface area contributed by atoms with E-state index in [1.165, 1.54) is 6.07 Å². The lowest BCUT2D eigenvalue weighted by molar-refractivity contribution is 0.00482. The Morgan fingerprint density at radius 1 is 1.24 bits per heavy atom. The van der Waals surface area contributed by atoms with Gasteiger partial charge in [-0.2, -0.15) is 0 Å². The smallest absolute Gasteiger partial charge is 0.159 e. The van der Waals surface area contributed by atoms with Crippen LogP contribution in [0.3, 0.4) is 0 Å². The lowest BCUT2D eigenvalue weighted by atomic mass is 10.1. The van der Waals surface area contributed by atoms with Gasteiger partial charge in [-0.1, -0.05) is 6.07 Å². The zero-order valence-corrected chi connectivity index (χ0v) is 9.75. The molecule has 5 heteroatoms. The third-order valence-corrected chi connectivity index (χ3v) is 2.83. The van der Waals surface area contributed by atoms with Gasteiger partial charge < -0.3 is 4.74 Å². The van der Waals surface area contributed by atoms with Gasteiger partial charge in [-0.3, -0.25) is 0 Å². The van der Waals surface area contributed by atoms with Crippen molar-refractivity contribution >= 4 is 0 Å². The first-order valence-electron chi connectivity index (χ1n) is 5.70. The van der Waals surface area contributed by atoms with Gasteiger partial charge in [0.15, 0.2) is 11.6 Å². The third kappa shape index (κ3) is 3.21. The van der Waals surface area contributed by atoms with Crippen molar-refractivity contribution in [2.45, 2.75) is 13.0 Å². The molecular weight excluding hydrogens is 226 g/mol. The molecule has 0 aromatic heterocycles. The molecule has 94 valence electrons. The summed E-state index contributed by atoms with van der Waals surface area (Å²) >= 11 is 0. The molecule has 17 heavy (non-hydrogen) atoms. The van der Waals surface area contributed by atoms with Crippen LogP contribution in [0, 0.1) is 11.6 Å². The number of morpholine rings is 1. The summed E-state index contributed by atoms with van der Waals surface area (Å²) in [6.45, 7) is 4.90. The van der Waals surface area contributed by atoms with Crippen molar-refractivity contribution in [3.63, 3.8) is 0 Å². The molecule has 0 aliphatic carbocycles. The molecule has 1 unspecified atom stereocenters. The van der Waals surface area contributed by atoms with Crippen LogP contribution in [-0.4, -0.2) is 31.3 Å². The summed E-state index contributed by atoms with van der Waals surface area (Å²) in [5.74, 6) is -1.62. The average molecular weight is 242 g/mol. The van der Waals surface area contributed by atoms with Crippen LogP contribution in [0.15, 0.2) is 18.2 Å². The van der Waals surface area contributed by atoms with E-state index in [-0.39, 0.29) is 6.04 Å². The van der Waals surface area contributed by atoms with E-state index in [1.54, 1.807) is 6.07 Å². The quantitative estimate of drug-likeness (QED) is 0.875. The Kier molecular flexibility index (Phi) is 4.04. The Bertz CT molecular complexity index is 381. The molecule has 0 spiro atoms. The summed E-state index contributed by atoms with van der Waals surface area (Å²) in [5.41, 5.74) is 3.98. The summed E-state index contributed by atoms with van der Waals surface area (Å²) in [4.78, 5) is 0. The third-order valence-electron chi connectivity index (χ3n) is 2.83. The maximum atomic E-state index is 13.1. The van der Waals surface area contributed by atoms with Crippen LogP contribution < -0.4 is 5.43 Å². The number of halogens is 2. The molecule has 1 saturated heterocycles. The lowest BCUT2D eigenvalue weighted by Crippen LogP contribution is -2.46. The highest BCUT2D eigenvalue weighted by Gasteiger charge is 2.15. The number of hydrogen-bond donors (Lipinski definition) is 1. The molecule has 1 aromatic rings. The number of nitrogens with zero attached hydrogens (tertiary/aromatic N) is 1. The van der Waals surface area contributed by atoms with Crippen LogP contribution in [0.5, 0.6) is 0 Å². The van der Waals surface area contributed by atoms with Crippen LogP contribution in [0.25, 0.3) is 0 Å². The molecule has 0 amide bonds. The molecular formula is C12H16F2N2O. The van der Waals surface area contributed by atoms with Gasteiger partial charge in [0, 0.05) is 19.1 Å². The van der Waals surface area contributed by atoms with Crippen molar-refractivity contribution in [2.75, 3.05) is 26.3 Å². The molecule has 0 bridgehead atoms. The van der Waals surface area contributed by atoms with Crippen molar-refractivity contribution in [3.8, 4) is 0 Å². The molecule has 1 heterocycles. The normalized spacial score (nSPS) is 19.2. The van der Waals surface area contributed by atoms with Gasteiger partial charge in [0.1, 0.15) is 0 Å². The number of hydrazine groups is 1. The SMILES string of the molecule is CC(NN1CCOCC1)c1ccc(F)c(F)c1. The largest absolute Gasteiger partial charge is 0.379 e. The number of benzene rings is 1. The van der Waals surface area contributed by atoms with Gasteiger partial charge in [0.25, 0.3) is 0 Å². The topological polar surface area (TPSA) is 24.5 Å². The van der Waals surface area contributed by atoms with Gasteiger partial charge >= 0.3 is 0 Å². The fraction of sp³-hybridized carbons (Fsp3) is 0.500. The van der Waals surface area contributed by atoms with E-state index < -0.39 is 11.6 Å². The fourth-order valence-electron chi connectivity index (χ4n) is 1.82. The minimum absolute atomic E-state index is 0.0526. The standard InChI is InChI=1S/C12H16F2N2O/c1-9(15-16-4-6-17-7-5-16)10-2-3-11(13)12(14)8-10/h2-3,8-9,15H,4-7H2,1H3. The zero-order chi connectivity index (χ0) is 12.3. The Labute approximate surface area is 99.3 Å². The van der Waals surface area contributed by atoms with E-state index in [1.807, 2.05) is 11.9 Å². The highest BCUT2D eigenvalue weighted by molar-refractivity contribution is 5.20. The van der Waals surface area contributed by atoms with Gasteiger partial charge in [0.2, 0.25) is 0 Å². The van der Waals surface area contributed by atoms with Gasteiger partial charge in [-0.15, -0.1) is 0 Å². The minimum atomic E-state index is -0.813. The highest BCUT2D eigenvalue weighted by atomic mass is 19.2. The van der Waals surface area contributed by atoms with Gasteiger partial charge in [-0.25, -0.2) is 19.2 Å². The summed E-state index contributed by atoms with van der Waals surface area (Å²) < 4.78 is 31.1. The second-order valence-corrected chi connectivity index (χ2v) is 4.12. The van der Waals surface area contributed by atoms with Crippen LogP contribution in [0.1, 0.15) is 18.5 Å². The zero-order valence-electron chi connectivity index (χ0n) is 9.75. The molecule has 0 saturated carbocycles. The molecule has 3 nitrogen and oxygen atoms in total. The van der Waals surface area contributed by atoms with Gasteiger partial charge in [-0.05, 0) is 24.6 Å². The Morgan fingerprint density at radius 2 is 1.94 bits per heavy atom. The van der Waals surface area contributed by atoms with E-state index in [9.17, 15) is 8.78 Å². The molecule has 2 rings (SSSR count). The molecule has 1 atom stereocenters. The van der Waals surface area contributed by atoms with E-state index >= 15 is 0 Å². The Balaban J connectivity index is 1.98. The first-order valence-corrected chi connectivity index (χ1v) is 5.70. The minimum Gasteiger partial charge on any atom is -0.379 e. The predicted molar refractivity (Wildman–Crippen MR) is 60.3 cm³/mol. The van der Waals surface area contributed by atoms with E-state index in [4.69, 9.17) is 4.74 Å². The Morgan fingerprint density at radius 3 is 2.59 bits per heavy atom. The van der Waals surface area contributed by atoms with Crippen LogP contribution in [-0.2, 0) is 4.74 Å². The maximum absolute atomic E-state index is 13.1. The maximum Gasteiger partial charge on any atom is 0.159 e. The molecule has 0 radical (unpaired) electrons. The van der Waals surface area contributed by atoms with Crippen molar-refractivity contribution in [2.24, 2.45) is 0 Å². The molecule has 1 aliphatic heterocycles. The van der Waals surface area contributed by atoms with Crippen molar-refractivity contribution in [3.05, 3.63) is 35.4 Å². The summed E-state index contributed by atoms with van der Waals surface area (Å²) in [6.07, 6.45) is 0. The van der Waals surface area contributed by atoms with Gasteiger partial charge in [0.05, 0.1) is 13.2 Å². The van der Waals surface area contributed by atoms with Crippen molar-refractivity contribution in [1.82, 2.24) is 10.4 Å². The van der Waals surface area contributed by atoms with E-state index in [0.29, 0.717) is 13.2 Å². The number of nitrogens with one attached hydrogen (secondary N) is 1. The first-order chi connectivity index (χ1) is 8.16. The van der Waals surface area contributed by atoms with Crippen LogP contribution >= 0.6 is 0 Å². The molecule has 1 N–H and O–H groups in total. The number of rotatable bonds is 3. The summed E-state index contributed by atoms with van der Waals surface area (Å²) in [7, 11) is 0. The highest BCUT2D eigenvalue weighted by Crippen LogP contribution is 2.16. The number of ether oxygens (including phenoxy) is 1. The van der Waals surface area contributed by atoms with E-state index in [2.05, 4.69) is 5.43 Å². The predicted octanol–water partition coefficient (Wildman–Crippen LogP) is 1.86. The average Bonchev–Trinajstić information content (AvgIpc) is 2.34. The second-order valence-electron chi connectivity index (χ2n) is 4.12. The van der Waals surface area contributed by atoms with E-state index in [0.717, 1.165) is 24.7 Å².